The summed E-state index contributed by atoms with van der Waals surface area (Å²) in [4.78, 5) is 15.6. The molecule has 0 heterocycles. The van der Waals surface area contributed by atoms with E-state index in [1.165, 1.54) is 6.21 Å². The first-order valence-corrected chi connectivity index (χ1v) is 5.58. The third-order valence-electron chi connectivity index (χ3n) is 1.63. The number of ether oxygens (including phenoxy) is 1. The van der Waals surface area contributed by atoms with Crippen molar-refractivity contribution in [2.45, 2.75) is 6.92 Å². The average molecular weight is 286 g/mol. The first-order chi connectivity index (χ1) is 7.72. The molecule has 0 aliphatic carbocycles. The lowest BCUT2D eigenvalue weighted by Gasteiger charge is -1.99. The van der Waals surface area contributed by atoms with Gasteiger partial charge in [0.25, 0.3) is 0 Å². The minimum atomic E-state index is -0.421. The second-order valence-electron chi connectivity index (χ2n) is 2.86. The maximum atomic E-state index is 10.9. The van der Waals surface area contributed by atoms with Crippen LogP contribution in [-0.4, -0.2) is 25.4 Å². The normalized spacial score (nSPS) is 10.4. The highest BCUT2D eigenvalue weighted by atomic mass is 79.9. The summed E-state index contributed by atoms with van der Waals surface area (Å²) in [5.41, 5.74) is 0.895. The molecule has 0 fully saturated rings. The molecule has 0 unspecified atom stereocenters. The number of hydrogen-bond donors (Lipinski definition) is 0. The van der Waals surface area contributed by atoms with Crippen LogP contribution in [0.5, 0.6) is 0 Å². The zero-order chi connectivity index (χ0) is 11.8. The molecule has 0 saturated carbocycles. The molecule has 0 spiro atoms. The maximum absolute atomic E-state index is 10.9. The second kappa shape index (κ2) is 7.00. The Morgan fingerprint density at radius 1 is 1.44 bits per heavy atom. The fourth-order valence-corrected chi connectivity index (χ4v) is 1.20. The van der Waals surface area contributed by atoms with Gasteiger partial charge in [0.1, 0.15) is 0 Å². The van der Waals surface area contributed by atoms with Crippen molar-refractivity contribution in [2.75, 3.05) is 13.2 Å². The number of esters is 1. The Morgan fingerprint density at radius 3 is 2.75 bits per heavy atom. The molecule has 0 atom stereocenters. The number of nitrogens with zero attached hydrogens (tertiary/aromatic N) is 1. The Bertz CT molecular complexity index is 362. The van der Waals surface area contributed by atoms with Gasteiger partial charge in [-0.1, -0.05) is 33.2 Å². The van der Waals surface area contributed by atoms with Crippen LogP contribution in [0, 0.1) is 0 Å². The van der Waals surface area contributed by atoms with Gasteiger partial charge in [-0.2, -0.15) is 0 Å². The van der Waals surface area contributed by atoms with Gasteiger partial charge in [0.05, 0.1) is 12.8 Å². The summed E-state index contributed by atoms with van der Waals surface area (Å²) in [6.45, 7) is 1.92. The van der Waals surface area contributed by atoms with Crippen LogP contribution in [0.4, 0.5) is 0 Å². The lowest BCUT2D eigenvalue weighted by atomic mass is 10.2. The molecule has 0 aliphatic heterocycles. The van der Waals surface area contributed by atoms with Crippen molar-refractivity contribution >= 4 is 28.1 Å². The molecule has 0 bridgehead atoms. The van der Waals surface area contributed by atoms with Crippen molar-refractivity contribution < 1.29 is 14.4 Å². The standard InChI is InChI=1S/C11H12BrNO3/c1-2-15-11(14)8-16-13-7-9-3-5-10(12)6-4-9/h3-7H,2,8H2,1H3/b13-7+. The van der Waals surface area contributed by atoms with E-state index in [2.05, 4.69) is 25.8 Å². The van der Waals surface area contributed by atoms with Crippen molar-refractivity contribution in [1.82, 2.24) is 0 Å². The molecule has 0 amide bonds. The second-order valence-corrected chi connectivity index (χ2v) is 3.78. The highest BCUT2D eigenvalue weighted by molar-refractivity contribution is 9.10. The van der Waals surface area contributed by atoms with Crippen LogP contribution in [0.15, 0.2) is 33.9 Å². The number of oxime groups is 1. The lowest BCUT2D eigenvalue weighted by molar-refractivity contribution is -0.148. The van der Waals surface area contributed by atoms with Gasteiger partial charge in [0, 0.05) is 4.47 Å². The minimum absolute atomic E-state index is 0.166. The summed E-state index contributed by atoms with van der Waals surface area (Å²) in [7, 11) is 0. The minimum Gasteiger partial charge on any atom is -0.463 e. The predicted octanol–water partition coefficient (Wildman–Crippen LogP) is 2.36. The third-order valence-corrected chi connectivity index (χ3v) is 2.16. The third kappa shape index (κ3) is 4.93. The molecule has 4 nitrogen and oxygen atoms in total. The Labute approximate surface area is 102 Å². The average Bonchev–Trinajstić information content (AvgIpc) is 2.27. The first kappa shape index (κ1) is 12.7. The van der Waals surface area contributed by atoms with Crippen molar-refractivity contribution in [1.29, 1.82) is 0 Å². The van der Waals surface area contributed by atoms with Gasteiger partial charge >= 0.3 is 5.97 Å². The smallest absolute Gasteiger partial charge is 0.347 e. The fourth-order valence-electron chi connectivity index (χ4n) is 0.940. The molecule has 0 N–H and O–H groups in total. The molecule has 5 heteroatoms. The molecule has 16 heavy (non-hydrogen) atoms. The van der Waals surface area contributed by atoms with Gasteiger partial charge in [-0.15, -0.1) is 0 Å². The van der Waals surface area contributed by atoms with E-state index in [0.717, 1.165) is 10.0 Å². The van der Waals surface area contributed by atoms with E-state index >= 15 is 0 Å². The summed E-state index contributed by atoms with van der Waals surface area (Å²) >= 11 is 3.33. The summed E-state index contributed by atoms with van der Waals surface area (Å²) in [5.74, 6) is -0.421. The summed E-state index contributed by atoms with van der Waals surface area (Å²) < 4.78 is 5.66. The summed E-state index contributed by atoms with van der Waals surface area (Å²) in [6, 6.07) is 7.54. The fraction of sp³-hybridized carbons (Fsp3) is 0.273. The van der Waals surface area contributed by atoms with Crippen LogP contribution in [-0.2, 0) is 14.4 Å². The van der Waals surface area contributed by atoms with Crippen LogP contribution in [0.25, 0.3) is 0 Å². The molecule has 86 valence electrons. The van der Waals surface area contributed by atoms with Crippen molar-refractivity contribution in [3.8, 4) is 0 Å². The zero-order valence-corrected chi connectivity index (χ0v) is 10.4. The quantitative estimate of drug-likeness (QED) is 0.474. The van der Waals surface area contributed by atoms with Crippen LogP contribution < -0.4 is 0 Å². The maximum Gasteiger partial charge on any atom is 0.347 e. The van der Waals surface area contributed by atoms with Crippen LogP contribution >= 0.6 is 15.9 Å². The monoisotopic (exact) mass is 285 g/mol. The van der Waals surface area contributed by atoms with E-state index in [1.54, 1.807) is 6.92 Å². The Balaban J connectivity index is 2.32. The molecular weight excluding hydrogens is 274 g/mol. The Kier molecular flexibility index (Phi) is 5.56. The molecule has 0 aromatic heterocycles. The highest BCUT2D eigenvalue weighted by Crippen LogP contribution is 2.08. The van der Waals surface area contributed by atoms with E-state index in [4.69, 9.17) is 4.84 Å². The van der Waals surface area contributed by atoms with Crippen molar-refractivity contribution in [3.05, 3.63) is 34.3 Å². The van der Waals surface area contributed by atoms with Crippen molar-refractivity contribution in [3.63, 3.8) is 0 Å². The molecule has 1 rings (SSSR count). The van der Waals surface area contributed by atoms with E-state index in [-0.39, 0.29) is 6.61 Å². The highest BCUT2D eigenvalue weighted by Gasteiger charge is 1.99. The van der Waals surface area contributed by atoms with E-state index in [9.17, 15) is 4.79 Å². The number of carbonyl (C=O) groups is 1. The lowest BCUT2D eigenvalue weighted by Crippen LogP contribution is -2.10. The molecular formula is C11H12BrNO3. The molecule has 0 radical (unpaired) electrons. The first-order valence-electron chi connectivity index (χ1n) is 4.79. The van der Waals surface area contributed by atoms with Gasteiger partial charge in [0.15, 0.2) is 0 Å². The van der Waals surface area contributed by atoms with Gasteiger partial charge < -0.3 is 9.57 Å². The zero-order valence-electron chi connectivity index (χ0n) is 8.85. The summed E-state index contributed by atoms with van der Waals surface area (Å²) in [6.07, 6.45) is 1.53. The number of halogens is 1. The van der Waals surface area contributed by atoms with E-state index < -0.39 is 5.97 Å². The number of benzene rings is 1. The van der Waals surface area contributed by atoms with E-state index in [0.29, 0.717) is 6.61 Å². The number of rotatable bonds is 5. The van der Waals surface area contributed by atoms with Gasteiger partial charge in [-0.25, -0.2) is 4.79 Å². The Hall–Kier alpha value is -1.36. The van der Waals surface area contributed by atoms with Gasteiger partial charge in [0.2, 0.25) is 6.61 Å². The molecule has 1 aromatic carbocycles. The Morgan fingerprint density at radius 2 is 2.12 bits per heavy atom. The van der Waals surface area contributed by atoms with Gasteiger partial charge in [-0.05, 0) is 24.6 Å². The van der Waals surface area contributed by atoms with E-state index in [1.807, 2.05) is 24.3 Å². The number of hydrogen-bond acceptors (Lipinski definition) is 4. The molecule has 0 aliphatic rings. The number of carbonyl (C=O) groups excluding carboxylic acids is 1. The van der Waals surface area contributed by atoms with Gasteiger partial charge in [-0.3, -0.25) is 0 Å². The summed E-state index contributed by atoms with van der Waals surface area (Å²) in [5, 5.41) is 3.65. The van der Waals surface area contributed by atoms with Crippen LogP contribution in [0.3, 0.4) is 0 Å². The van der Waals surface area contributed by atoms with Crippen LogP contribution in [0.2, 0.25) is 0 Å². The molecule has 1 aromatic rings. The molecule has 0 saturated heterocycles. The van der Waals surface area contributed by atoms with Crippen molar-refractivity contribution in [2.24, 2.45) is 5.16 Å². The van der Waals surface area contributed by atoms with Crippen LogP contribution in [0.1, 0.15) is 12.5 Å². The topological polar surface area (TPSA) is 47.9 Å². The predicted molar refractivity (Wildman–Crippen MR) is 64.3 cm³/mol. The SMILES string of the molecule is CCOC(=O)CO/N=C/c1ccc(Br)cc1. The largest absolute Gasteiger partial charge is 0.463 e.